The maximum Gasteiger partial charge on any atom is 0.322 e. The molecule has 156 valence electrons. The number of carbonyl (C=O) groups excluding carboxylic acids is 2. The first-order chi connectivity index (χ1) is 13.9. The maximum absolute atomic E-state index is 13.0. The highest BCUT2D eigenvalue weighted by atomic mass is 32.1. The first-order valence-electron chi connectivity index (χ1n) is 9.82. The van der Waals surface area contributed by atoms with Crippen molar-refractivity contribution in [2.75, 3.05) is 31.6 Å². The monoisotopic (exact) mass is 416 g/mol. The van der Waals surface area contributed by atoms with Gasteiger partial charge < -0.3 is 19.9 Å². The second-order valence-corrected chi connectivity index (χ2v) is 8.39. The molecule has 3 rings (SSSR count). The van der Waals surface area contributed by atoms with E-state index in [4.69, 9.17) is 4.74 Å². The first kappa shape index (κ1) is 21.3. The number of aromatic nitrogens is 1. The minimum absolute atomic E-state index is 0.0124. The summed E-state index contributed by atoms with van der Waals surface area (Å²) in [6.07, 6.45) is 0. The molecule has 0 atom stereocenters. The zero-order valence-electron chi connectivity index (χ0n) is 17.4. The number of urea groups is 1. The van der Waals surface area contributed by atoms with Crippen LogP contribution in [0.25, 0.3) is 0 Å². The highest BCUT2D eigenvalue weighted by molar-refractivity contribution is 7.09. The first-order valence-corrected chi connectivity index (χ1v) is 10.7. The largest absolute Gasteiger partial charge is 0.378 e. The summed E-state index contributed by atoms with van der Waals surface area (Å²) in [4.78, 5) is 33.5. The lowest BCUT2D eigenvalue weighted by Crippen LogP contribution is -2.41. The SMILES string of the molecule is Cc1cccc(C)c1NC(=O)N(Cc1nc(C(=O)N2CCOCC2)cs1)C(C)C. The number of morpholine rings is 1. The quantitative estimate of drug-likeness (QED) is 0.807. The van der Waals surface area contributed by atoms with Crippen LogP contribution in [0.4, 0.5) is 10.5 Å². The predicted molar refractivity (Wildman–Crippen MR) is 114 cm³/mol. The summed E-state index contributed by atoms with van der Waals surface area (Å²) < 4.78 is 5.30. The molecule has 0 radical (unpaired) electrons. The molecule has 1 fully saturated rings. The van der Waals surface area contributed by atoms with Gasteiger partial charge in [-0.2, -0.15) is 0 Å². The maximum atomic E-state index is 13.0. The molecule has 1 aromatic carbocycles. The smallest absolute Gasteiger partial charge is 0.322 e. The van der Waals surface area contributed by atoms with Gasteiger partial charge >= 0.3 is 6.03 Å². The number of hydrogen-bond donors (Lipinski definition) is 1. The lowest BCUT2D eigenvalue weighted by Gasteiger charge is -2.27. The fraction of sp³-hybridized carbons (Fsp3) is 0.476. The van der Waals surface area contributed by atoms with Gasteiger partial charge in [-0.1, -0.05) is 18.2 Å². The topological polar surface area (TPSA) is 74.8 Å². The van der Waals surface area contributed by atoms with Crippen LogP contribution in [0.3, 0.4) is 0 Å². The van der Waals surface area contributed by atoms with Gasteiger partial charge in [0.25, 0.3) is 5.91 Å². The zero-order chi connectivity index (χ0) is 21.0. The number of ether oxygens (including phenoxy) is 1. The number of nitrogens with zero attached hydrogens (tertiary/aromatic N) is 3. The van der Waals surface area contributed by atoms with E-state index in [-0.39, 0.29) is 18.0 Å². The molecule has 1 saturated heterocycles. The van der Waals surface area contributed by atoms with E-state index >= 15 is 0 Å². The van der Waals surface area contributed by atoms with Crippen molar-refractivity contribution in [3.8, 4) is 0 Å². The van der Waals surface area contributed by atoms with E-state index < -0.39 is 0 Å². The van der Waals surface area contributed by atoms with Crippen LogP contribution in [0.1, 0.15) is 40.5 Å². The predicted octanol–water partition coefficient (Wildman–Crippen LogP) is 3.67. The second-order valence-electron chi connectivity index (χ2n) is 7.45. The molecular weight excluding hydrogens is 388 g/mol. The van der Waals surface area contributed by atoms with Crippen LogP contribution in [0.2, 0.25) is 0 Å². The number of nitrogens with one attached hydrogen (secondary N) is 1. The van der Waals surface area contributed by atoms with Crippen LogP contribution >= 0.6 is 11.3 Å². The van der Waals surface area contributed by atoms with E-state index in [1.54, 1.807) is 15.2 Å². The Balaban J connectivity index is 1.70. The van der Waals surface area contributed by atoms with Gasteiger partial charge in [-0.15, -0.1) is 11.3 Å². The Morgan fingerprint density at radius 2 is 1.90 bits per heavy atom. The Morgan fingerprint density at radius 3 is 2.52 bits per heavy atom. The molecular formula is C21H28N4O3S. The number of para-hydroxylation sites is 1. The summed E-state index contributed by atoms with van der Waals surface area (Å²) in [6, 6.07) is 5.75. The van der Waals surface area contributed by atoms with Crippen LogP contribution < -0.4 is 5.32 Å². The number of rotatable bonds is 5. The Hall–Kier alpha value is -2.45. The molecule has 0 bridgehead atoms. The summed E-state index contributed by atoms with van der Waals surface area (Å²) >= 11 is 1.41. The molecule has 0 unspecified atom stereocenters. The number of hydrogen-bond acceptors (Lipinski definition) is 5. The van der Waals surface area contributed by atoms with Gasteiger partial charge in [-0.25, -0.2) is 9.78 Å². The van der Waals surface area contributed by atoms with Crippen molar-refractivity contribution in [3.63, 3.8) is 0 Å². The van der Waals surface area contributed by atoms with E-state index in [0.29, 0.717) is 38.5 Å². The fourth-order valence-electron chi connectivity index (χ4n) is 3.24. The Morgan fingerprint density at radius 1 is 1.24 bits per heavy atom. The normalized spacial score (nSPS) is 14.2. The summed E-state index contributed by atoms with van der Waals surface area (Å²) in [7, 11) is 0. The molecule has 0 spiro atoms. The number of anilines is 1. The molecule has 0 aliphatic carbocycles. The Bertz CT molecular complexity index is 854. The van der Waals surface area contributed by atoms with Crippen molar-refractivity contribution in [1.82, 2.24) is 14.8 Å². The van der Waals surface area contributed by atoms with Gasteiger partial charge in [0.1, 0.15) is 10.7 Å². The van der Waals surface area contributed by atoms with Gasteiger partial charge in [0.15, 0.2) is 0 Å². The third-order valence-electron chi connectivity index (χ3n) is 4.97. The van der Waals surface area contributed by atoms with E-state index in [1.165, 1.54) is 11.3 Å². The van der Waals surface area contributed by atoms with Gasteiger partial charge in [0.2, 0.25) is 0 Å². The summed E-state index contributed by atoms with van der Waals surface area (Å²) in [6.45, 7) is 10.5. The standard InChI is InChI=1S/C21H28N4O3S/c1-14(2)25(21(27)23-19-15(3)6-5-7-16(19)4)12-18-22-17(13-29-18)20(26)24-8-10-28-11-9-24/h5-7,13-14H,8-12H2,1-4H3,(H,23,27). The number of benzene rings is 1. The van der Waals surface area contributed by atoms with Crippen molar-refractivity contribution in [2.24, 2.45) is 0 Å². The molecule has 3 amide bonds. The number of amides is 3. The van der Waals surface area contributed by atoms with E-state index in [9.17, 15) is 9.59 Å². The molecule has 1 aromatic heterocycles. The van der Waals surface area contributed by atoms with Gasteiger partial charge in [0, 0.05) is 30.2 Å². The highest BCUT2D eigenvalue weighted by Crippen LogP contribution is 2.22. The molecule has 1 N–H and O–H groups in total. The van der Waals surface area contributed by atoms with Gasteiger partial charge in [-0.3, -0.25) is 4.79 Å². The lowest BCUT2D eigenvalue weighted by molar-refractivity contribution is 0.0299. The second kappa shape index (κ2) is 9.37. The van der Waals surface area contributed by atoms with Crippen LogP contribution in [0, 0.1) is 13.8 Å². The average molecular weight is 417 g/mol. The summed E-state index contributed by atoms with van der Waals surface area (Å²) in [5, 5.41) is 5.55. The minimum Gasteiger partial charge on any atom is -0.378 e. The molecule has 29 heavy (non-hydrogen) atoms. The van der Waals surface area contributed by atoms with Crippen molar-refractivity contribution in [1.29, 1.82) is 0 Å². The average Bonchev–Trinajstić information content (AvgIpc) is 3.17. The molecule has 8 heteroatoms. The van der Waals surface area contributed by atoms with E-state index in [0.717, 1.165) is 21.8 Å². The van der Waals surface area contributed by atoms with Gasteiger partial charge in [-0.05, 0) is 38.8 Å². The minimum atomic E-state index is -0.173. The highest BCUT2D eigenvalue weighted by Gasteiger charge is 2.23. The van der Waals surface area contributed by atoms with Crippen LogP contribution in [0.5, 0.6) is 0 Å². The van der Waals surface area contributed by atoms with E-state index in [2.05, 4.69) is 10.3 Å². The van der Waals surface area contributed by atoms with Gasteiger partial charge in [0.05, 0.1) is 19.8 Å². The number of thiazole rings is 1. The lowest BCUT2D eigenvalue weighted by atomic mass is 10.1. The van der Waals surface area contributed by atoms with Crippen LogP contribution in [0.15, 0.2) is 23.6 Å². The fourth-order valence-corrected chi connectivity index (χ4v) is 4.00. The van der Waals surface area contributed by atoms with Crippen LogP contribution in [-0.4, -0.2) is 59.1 Å². The van der Waals surface area contributed by atoms with Crippen molar-refractivity contribution in [3.05, 3.63) is 45.4 Å². The molecule has 7 nitrogen and oxygen atoms in total. The summed E-state index contributed by atoms with van der Waals surface area (Å²) in [5.74, 6) is -0.0770. The third-order valence-corrected chi connectivity index (χ3v) is 5.81. The molecule has 2 heterocycles. The molecule has 1 aliphatic rings. The third kappa shape index (κ3) is 5.13. The zero-order valence-corrected chi connectivity index (χ0v) is 18.2. The Labute approximate surface area is 175 Å². The van der Waals surface area contributed by atoms with E-state index in [1.807, 2.05) is 45.9 Å². The molecule has 2 aromatic rings. The molecule has 0 saturated carbocycles. The van der Waals surface area contributed by atoms with Crippen molar-refractivity contribution >= 4 is 29.0 Å². The Kier molecular flexibility index (Phi) is 6.87. The molecule has 1 aliphatic heterocycles. The van der Waals surface area contributed by atoms with Crippen molar-refractivity contribution < 1.29 is 14.3 Å². The summed E-state index contributed by atoms with van der Waals surface area (Å²) in [5.41, 5.74) is 3.32. The number of carbonyl (C=O) groups is 2. The van der Waals surface area contributed by atoms with Crippen LogP contribution in [-0.2, 0) is 11.3 Å². The number of aryl methyl sites for hydroxylation is 2. The van der Waals surface area contributed by atoms with Crippen molar-refractivity contribution in [2.45, 2.75) is 40.3 Å².